The van der Waals surface area contributed by atoms with Gasteiger partial charge in [0, 0.05) is 55.1 Å². The minimum absolute atomic E-state index is 0.849. The molecule has 0 radical (unpaired) electrons. The van der Waals surface area contributed by atoms with Crippen LogP contribution in [-0.4, -0.2) is 4.57 Å². The summed E-state index contributed by atoms with van der Waals surface area (Å²) in [6, 6.07) is 82.0. The van der Waals surface area contributed by atoms with Crippen molar-refractivity contribution in [2.24, 2.45) is 0 Å². The third-order valence-electron chi connectivity index (χ3n) is 12.8. The first-order valence-corrected chi connectivity index (χ1v) is 21.7. The number of nitrogens with zero attached hydrogens (tertiary/aromatic N) is 2. The van der Waals surface area contributed by atoms with Gasteiger partial charge >= 0.3 is 0 Å². The lowest BCUT2D eigenvalue weighted by molar-refractivity contribution is 0.669. The molecule has 0 aliphatic carbocycles. The number of fused-ring (bicyclic) bond motifs is 9. The normalized spacial score (nSPS) is 11.8. The average Bonchev–Trinajstić information content (AvgIpc) is 4.05. The van der Waals surface area contributed by atoms with Gasteiger partial charge in [-0.3, -0.25) is 0 Å². The lowest BCUT2D eigenvalue weighted by Crippen LogP contribution is -2.10. The minimum Gasteiger partial charge on any atom is -0.455 e. The molecule has 13 aromatic rings. The van der Waals surface area contributed by atoms with Crippen LogP contribution in [0, 0.1) is 0 Å². The Hall–Kier alpha value is -8.60. The third-order valence-corrected chi connectivity index (χ3v) is 12.8. The van der Waals surface area contributed by atoms with Gasteiger partial charge in [-0.2, -0.15) is 0 Å². The molecule has 0 aliphatic heterocycles. The second kappa shape index (κ2) is 14.5. The molecule has 4 heteroatoms. The zero-order valence-electron chi connectivity index (χ0n) is 34.7. The molecule has 4 nitrogen and oxygen atoms in total. The summed E-state index contributed by atoms with van der Waals surface area (Å²) in [7, 11) is 0. The summed E-state index contributed by atoms with van der Waals surface area (Å²) < 4.78 is 15.8. The molecule has 300 valence electrons. The first kappa shape index (κ1) is 36.1. The summed E-state index contributed by atoms with van der Waals surface area (Å²) in [5.74, 6) is 0. The van der Waals surface area contributed by atoms with Crippen molar-refractivity contribution in [3.63, 3.8) is 0 Å². The summed E-state index contributed by atoms with van der Waals surface area (Å²) >= 11 is 0. The van der Waals surface area contributed by atoms with E-state index in [1.54, 1.807) is 0 Å². The summed E-state index contributed by atoms with van der Waals surface area (Å²) in [4.78, 5) is 2.37. The maximum atomic E-state index is 6.95. The van der Waals surface area contributed by atoms with Gasteiger partial charge in [-0.1, -0.05) is 152 Å². The predicted molar refractivity (Wildman–Crippen MR) is 266 cm³/mol. The van der Waals surface area contributed by atoms with Gasteiger partial charge in [0.1, 0.15) is 22.3 Å². The van der Waals surface area contributed by atoms with E-state index in [-0.39, 0.29) is 0 Å². The number of para-hydroxylation sites is 5. The van der Waals surface area contributed by atoms with Crippen LogP contribution in [0.2, 0.25) is 0 Å². The van der Waals surface area contributed by atoms with Gasteiger partial charge in [0.25, 0.3) is 0 Å². The molecule has 0 saturated heterocycles. The smallest absolute Gasteiger partial charge is 0.145 e. The van der Waals surface area contributed by atoms with Crippen LogP contribution in [-0.2, 0) is 0 Å². The number of hydrogen-bond donors (Lipinski definition) is 0. The highest BCUT2D eigenvalue weighted by atomic mass is 16.3. The molecular formula is C60H38N2O2. The lowest BCUT2D eigenvalue weighted by Gasteiger charge is -2.27. The van der Waals surface area contributed by atoms with Gasteiger partial charge in [0.05, 0.1) is 22.1 Å². The maximum Gasteiger partial charge on any atom is 0.145 e. The average molecular weight is 819 g/mol. The van der Waals surface area contributed by atoms with E-state index in [1.165, 1.54) is 27.4 Å². The van der Waals surface area contributed by atoms with Gasteiger partial charge in [-0.15, -0.1) is 0 Å². The van der Waals surface area contributed by atoms with Gasteiger partial charge in [-0.05, 0) is 101 Å². The Labute approximate surface area is 369 Å². The molecule has 0 atom stereocenters. The molecule has 13 rings (SSSR count). The van der Waals surface area contributed by atoms with Crippen molar-refractivity contribution in [2.75, 3.05) is 4.90 Å². The summed E-state index contributed by atoms with van der Waals surface area (Å²) in [6.45, 7) is 0. The van der Waals surface area contributed by atoms with E-state index in [0.717, 1.165) is 94.4 Å². The molecule has 0 bridgehead atoms. The van der Waals surface area contributed by atoms with Gasteiger partial charge < -0.3 is 18.3 Å². The highest BCUT2D eigenvalue weighted by Gasteiger charge is 2.24. The molecule has 0 aliphatic rings. The molecule has 3 aromatic heterocycles. The standard InChI is InChI=1S/C60H38N2O2/c1-3-14-39(15-4-1)40-26-31-44(32-27-40)61(45-33-28-41(29-34-45)46-21-13-22-50-49-19-8-11-24-56(49)63-59(46)50)55-37-35-47(60-58(55)51-20-9-12-25-57(51)64-60)42-30-36-54-52(38-42)48-18-7-10-23-53(48)62(54)43-16-5-2-6-17-43/h1-38H. The van der Waals surface area contributed by atoms with Crippen LogP contribution < -0.4 is 4.90 Å². The predicted octanol–water partition coefficient (Wildman–Crippen LogP) is 17.1. The van der Waals surface area contributed by atoms with E-state index < -0.39 is 0 Å². The zero-order chi connectivity index (χ0) is 42.1. The van der Waals surface area contributed by atoms with E-state index in [4.69, 9.17) is 8.83 Å². The largest absolute Gasteiger partial charge is 0.455 e. The van der Waals surface area contributed by atoms with Crippen molar-refractivity contribution < 1.29 is 8.83 Å². The second-order valence-corrected chi connectivity index (χ2v) is 16.4. The second-order valence-electron chi connectivity index (χ2n) is 16.4. The molecule has 0 saturated carbocycles. The SMILES string of the molecule is c1ccc(-c2ccc(N(c3ccc(-c4cccc5c4oc4ccccc45)cc3)c3ccc(-c4ccc5c(c4)c4ccccc4n5-c4ccccc4)c4oc5ccccc5c34)cc2)cc1. The first-order valence-electron chi connectivity index (χ1n) is 21.7. The molecule has 0 unspecified atom stereocenters. The third kappa shape index (κ3) is 5.70. The van der Waals surface area contributed by atoms with Crippen LogP contribution in [0.25, 0.3) is 105 Å². The Morgan fingerprint density at radius 3 is 1.64 bits per heavy atom. The Bertz CT molecular complexity index is 3880. The summed E-state index contributed by atoms with van der Waals surface area (Å²) in [6.07, 6.45) is 0. The first-order chi connectivity index (χ1) is 31.7. The molecule has 0 fully saturated rings. The highest BCUT2D eigenvalue weighted by Crippen LogP contribution is 2.47. The lowest BCUT2D eigenvalue weighted by atomic mass is 9.98. The fraction of sp³-hybridized carbons (Fsp3) is 0. The van der Waals surface area contributed by atoms with Crippen molar-refractivity contribution in [2.45, 2.75) is 0 Å². The van der Waals surface area contributed by atoms with Crippen molar-refractivity contribution in [3.8, 4) is 39.1 Å². The van der Waals surface area contributed by atoms with Crippen molar-refractivity contribution >= 4 is 82.7 Å². The molecule has 64 heavy (non-hydrogen) atoms. The van der Waals surface area contributed by atoms with E-state index in [1.807, 2.05) is 12.1 Å². The van der Waals surface area contributed by atoms with Crippen molar-refractivity contribution in [1.29, 1.82) is 0 Å². The molecule has 0 N–H and O–H groups in total. The summed E-state index contributed by atoms with van der Waals surface area (Å²) in [5, 5.41) is 6.78. The number of benzene rings is 10. The molecule has 10 aromatic carbocycles. The van der Waals surface area contributed by atoms with Crippen LogP contribution in [0.1, 0.15) is 0 Å². The van der Waals surface area contributed by atoms with Gasteiger partial charge in [-0.25, -0.2) is 0 Å². The van der Waals surface area contributed by atoms with Crippen LogP contribution in [0.4, 0.5) is 17.1 Å². The Balaban J connectivity index is 0.998. The van der Waals surface area contributed by atoms with Crippen LogP contribution >= 0.6 is 0 Å². The van der Waals surface area contributed by atoms with Gasteiger partial charge in [0.2, 0.25) is 0 Å². The molecule has 3 heterocycles. The quantitative estimate of drug-likeness (QED) is 0.161. The number of anilines is 3. The zero-order valence-corrected chi connectivity index (χ0v) is 34.7. The van der Waals surface area contributed by atoms with E-state index in [0.29, 0.717) is 0 Å². The van der Waals surface area contributed by atoms with Gasteiger partial charge in [0.15, 0.2) is 0 Å². The topological polar surface area (TPSA) is 34.5 Å². The molecule has 0 spiro atoms. The number of aromatic nitrogens is 1. The number of hydrogen-bond acceptors (Lipinski definition) is 3. The fourth-order valence-electron chi connectivity index (χ4n) is 9.85. The monoisotopic (exact) mass is 818 g/mol. The molecule has 0 amide bonds. The van der Waals surface area contributed by atoms with Crippen LogP contribution in [0.15, 0.2) is 239 Å². The number of rotatable bonds is 7. The fourth-order valence-corrected chi connectivity index (χ4v) is 9.85. The molecular weight excluding hydrogens is 781 g/mol. The Morgan fingerprint density at radius 1 is 0.328 bits per heavy atom. The summed E-state index contributed by atoms with van der Waals surface area (Å²) in [5.41, 5.74) is 16.7. The van der Waals surface area contributed by atoms with Crippen LogP contribution in [0.5, 0.6) is 0 Å². The maximum absolute atomic E-state index is 6.95. The van der Waals surface area contributed by atoms with Crippen LogP contribution in [0.3, 0.4) is 0 Å². The minimum atomic E-state index is 0.849. The number of furan rings is 2. The van der Waals surface area contributed by atoms with Crippen molar-refractivity contribution in [1.82, 2.24) is 4.57 Å². The Morgan fingerprint density at radius 2 is 0.875 bits per heavy atom. The van der Waals surface area contributed by atoms with Crippen molar-refractivity contribution in [3.05, 3.63) is 231 Å². The van der Waals surface area contributed by atoms with E-state index in [9.17, 15) is 0 Å². The van der Waals surface area contributed by atoms with E-state index >= 15 is 0 Å². The van der Waals surface area contributed by atoms with E-state index in [2.05, 4.69) is 228 Å². The highest BCUT2D eigenvalue weighted by molar-refractivity contribution is 6.18. The Kier molecular flexibility index (Phi) is 8.18.